The monoisotopic (exact) mass is 298 g/mol. The highest BCUT2D eigenvalue weighted by molar-refractivity contribution is 5.86. The predicted molar refractivity (Wildman–Crippen MR) is 75.0 cm³/mol. The van der Waals surface area contributed by atoms with Gasteiger partial charge in [0, 0.05) is 13.2 Å². The average Bonchev–Trinajstić information content (AvgIpc) is 2.71. The Morgan fingerprint density at radius 2 is 2.05 bits per heavy atom. The molecule has 0 aliphatic heterocycles. The van der Waals surface area contributed by atoms with Crippen LogP contribution in [0.15, 0.2) is 0 Å². The van der Waals surface area contributed by atoms with Crippen molar-refractivity contribution in [2.24, 2.45) is 5.92 Å². The normalized spacial score (nSPS) is 12.4. The zero-order valence-electron chi connectivity index (χ0n) is 12.8. The minimum absolute atomic E-state index is 0.0591. The molecule has 8 nitrogen and oxygen atoms in total. The van der Waals surface area contributed by atoms with Crippen LogP contribution < -0.4 is 5.32 Å². The van der Waals surface area contributed by atoms with Crippen molar-refractivity contribution in [2.45, 2.75) is 39.8 Å². The first-order chi connectivity index (χ1) is 9.85. The largest absolute Gasteiger partial charge is 0.476 e. The standard InChI is InChI=1S/C13H22N4O4/c1-8(2)5-10-12(13(19)20)15-16-17(10)6-11(18)14-9(3)7-21-4/h8-9H,5-7H2,1-4H3,(H,14,18)(H,19,20). The molecule has 8 heteroatoms. The number of rotatable bonds is 8. The van der Waals surface area contributed by atoms with Gasteiger partial charge in [0.25, 0.3) is 0 Å². The van der Waals surface area contributed by atoms with Gasteiger partial charge in [-0.15, -0.1) is 5.10 Å². The lowest BCUT2D eigenvalue weighted by atomic mass is 10.1. The van der Waals surface area contributed by atoms with Crippen molar-refractivity contribution in [1.29, 1.82) is 0 Å². The van der Waals surface area contributed by atoms with Crippen molar-refractivity contribution >= 4 is 11.9 Å². The number of carboxylic acid groups (broad SMARTS) is 1. The van der Waals surface area contributed by atoms with Crippen LogP contribution in [0.2, 0.25) is 0 Å². The maximum Gasteiger partial charge on any atom is 0.358 e. The van der Waals surface area contributed by atoms with Gasteiger partial charge >= 0.3 is 5.97 Å². The predicted octanol–water partition coefficient (Wildman–Crippen LogP) is 0.326. The van der Waals surface area contributed by atoms with Crippen molar-refractivity contribution in [2.75, 3.05) is 13.7 Å². The Hall–Kier alpha value is -1.96. The first-order valence-electron chi connectivity index (χ1n) is 6.79. The summed E-state index contributed by atoms with van der Waals surface area (Å²) in [5.74, 6) is -1.16. The van der Waals surface area contributed by atoms with Crippen LogP contribution in [0.3, 0.4) is 0 Å². The van der Waals surface area contributed by atoms with Gasteiger partial charge in [0.2, 0.25) is 5.91 Å². The summed E-state index contributed by atoms with van der Waals surface area (Å²) < 4.78 is 6.28. The number of amides is 1. The van der Waals surface area contributed by atoms with E-state index in [1.807, 2.05) is 20.8 Å². The molecule has 0 radical (unpaired) electrons. The number of aromatic nitrogens is 3. The van der Waals surface area contributed by atoms with Crippen LogP contribution in [0.1, 0.15) is 37.0 Å². The van der Waals surface area contributed by atoms with Crippen LogP contribution in [0.25, 0.3) is 0 Å². The molecule has 0 aliphatic rings. The molecule has 1 unspecified atom stereocenters. The molecule has 0 saturated carbocycles. The van der Waals surface area contributed by atoms with Crippen LogP contribution in [-0.4, -0.2) is 51.7 Å². The van der Waals surface area contributed by atoms with Crippen molar-refractivity contribution in [3.63, 3.8) is 0 Å². The molecule has 21 heavy (non-hydrogen) atoms. The smallest absolute Gasteiger partial charge is 0.358 e. The Kier molecular flexibility index (Phi) is 6.29. The highest BCUT2D eigenvalue weighted by atomic mass is 16.5. The van der Waals surface area contributed by atoms with E-state index in [4.69, 9.17) is 9.84 Å². The fraction of sp³-hybridized carbons (Fsp3) is 0.692. The number of carbonyl (C=O) groups is 2. The average molecular weight is 298 g/mol. The first-order valence-corrected chi connectivity index (χ1v) is 6.79. The second-order valence-electron chi connectivity index (χ2n) is 5.37. The second kappa shape index (κ2) is 7.72. The van der Waals surface area contributed by atoms with Crippen molar-refractivity contribution < 1.29 is 19.4 Å². The summed E-state index contributed by atoms with van der Waals surface area (Å²) >= 11 is 0. The fourth-order valence-corrected chi connectivity index (χ4v) is 1.96. The Bertz CT molecular complexity index is 498. The third-order valence-electron chi connectivity index (χ3n) is 2.76. The molecule has 0 spiro atoms. The van der Waals surface area contributed by atoms with Gasteiger partial charge in [0.15, 0.2) is 5.69 Å². The number of carbonyl (C=O) groups excluding carboxylic acids is 1. The molecule has 0 fully saturated rings. The first kappa shape index (κ1) is 17.1. The molecule has 1 rings (SSSR count). The molecule has 1 atom stereocenters. The summed E-state index contributed by atoms with van der Waals surface area (Å²) in [5, 5.41) is 19.3. The summed E-state index contributed by atoms with van der Waals surface area (Å²) in [4.78, 5) is 23.0. The van der Waals surface area contributed by atoms with Crippen molar-refractivity contribution in [3.05, 3.63) is 11.4 Å². The third-order valence-corrected chi connectivity index (χ3v) is 2.76. The minimum atomic E-state index is -1.13. The van der Waals surface area contributed by atoms with Gasteiger partial charge in [-0.2, -0.15) is 0 Å². The number of hydrogen-bond donors (Lipinski definition) is 2. The van der Waals surface area contributed by atoms with Gasteiger partial charge in [-0.3, -0.25) is 4.79 Å². The van der Waals surface area contributed by atoms with E-state index in [1.54, 1.807) is 7.11 Å². The summed E-state index contributed by atoms with van der Waals surface area (Å²) in [5.41, 5.74) is 0.369. The van der Waals surface area contributed by atoms with Crippen LogP contribution >= 0.6 is 0 Å². The maximum atomic E-state index is 11.9. The Morgan fingerprint density at radius 3 is 2.57 bits per heavy atom. The number of nitrogens with zero attached hydrogens (tertiary/aromatic N) is 3. The van der Waals surface area contributed by atoms with Crippen LogP contribution in [0.5, 0.6) is 0 Å². The van der Waals surface area contributed by atoms with Crippen LogP contribution in [-0.2, 0) is 22.5 Å². The van der Waals surface area contributed by atoms with Gasteiger partial charge in [-0.05, 0) is 19.3 Å². The zero-order valence-corrected chi connectivity index (χ0v) is 12.8. The van der Waals surface area contributed by atoms with Gasteiger partial charge < -0.3 is 15.2 Å². The van der Waals surface area contributed by atoms with Crippen molar-refractivity contribution in [1.82, 2.24) is 20.3 Å². The summed E-state index contributed by atoms with van der Waals surface area (Å²) in [6.07, 6.45) is 0.496. The topological polar surface area (TPSA) is 106 Å². The molecule has 2 N–H and O–H groups in total. The molecule has 1 amide bonds. The van der Waals surface area contributed by atoms with E-state index in [-0.39, 0.29) is 30.1 Å². The summed E-state index contributed by atoms with van der Waals surface area (Å²) in [6, 6.07) is -0.126. The van der Waals surface area contributed by atoms with Gasteiger partial charge in [0.1, 0.15) is 6.54 Å². The number of aromatic carboxylic acids is 1. The minimum Gasteiger partial charge on any atom is -0.476 e. The molecule has 1 aromatic rings. The zero-order chi connectivity index (χ0) is 16.0. The molecular formula is C13H22N4O4. The molecule has 118 valence electrons. The highest BCUT2D eigenvalue weighted by Crippen LogP contribution is 2.12. The maximum absolute atomic E-state index is 11.9. The number of methoxy groups -OCH3 is 1. The Labute approximate surface area is 123 Å². The van der Waals surface area contributed by atoms with Gasteiger partial charge in [-0.1, -0.05) is 19.1 Å². The number of carboxylic acids is 1. The van der Waals surface area contributed by atoms with Gasteiger partial charge in [0.05, 0.1) is 12.3 Å². The van der Waals surface area contributed by atoms with Crippen molar-refractivity contribution in [3.8, 4) is 0 Å². The Morgan fingerprint density at radius 1 is 1.38 bits per heavy atom. The molecule has 1 heterocycles. The van der Waals surface area contributed by atoms with E-state index in [0.717, 1.165) is 0 Å². The highest BCUT2D eigenvalue weighted by Gasteiger charge is 2.21. The van der Waals surface area contributed by atoms with E-state index < -0.39 is 5.97 Å². The summed E-state index contributed by atoms with van der Waals surface area (Å²) in [6.45, 7) is 6.09. The van der Waals surface area contributed by atoms with E-state index in [1.165, 1.54) is 4.68 Å². The molecular weight excluding hydrogens is 276 g/mol. The third kappa shape index (κ3) is 5.14. The van der Waals surface area contributed by atoms with E-state index >= 15 is 0 Å². The van der Waals surface area contributed by atoms with Crippen LogP contribution in [0.4, 0.5) is 0 Å². The lowest BCUT2D eigenvalue weighted by molar-refractivity contribution is -0.122. The second-order valence-corrected chi connectivity index (χ2v) is 5.37. The van der Waals surface area contributed by atoms with E-state index in [2.05, 4.69) is 15.6 Å². The quantitative estimate of drug-likeness (QED) is 0.716. The molecule has 0 saturated heterocycles. The molecule has 0 aromatic carbocycles. The molecule has 0 bridgehead atoms. The lowest BCUT2D eigenvalue weighted by Gasteiger charge is -2.14. The number of nitrogens with one attached hydrogen (secondary N) is 1. The van der Waals surface area contributed by atoms with Gasteiger partial charge in [-0.25, -0.2) is 9.48 Å². The Balaban J connectivity index is 2.82. The summed E-state index contributed by atoms with van der Waals surface area (Å²) in [7, 11) is 1.56. The SMILES string of the molecule is COCC(C)NC(=O)Cn1nnc(C(=O)O)c1CC(C)C. The van der Waals surface area contributed by atoms with E-state index in [9.17, 15) is 9.59 Å². The molecule has 1 aromatic heterocycles. The number of hydrogen-bond acceptors (Lipinski definition) is 5. The van der Waals surface area contributed by atoms with E-state index in [0.29, 0.717) is 18.7 Å². The number of ether oxygens (including phenoxy) is 1. The molecule has 0 aliphatic carbocycles. The van der Waals surface area contributed by atoms with Crippen LogP contribution in [0, 0.1) is 5.92 Å². The lowest BCUT2D eigenvalue weighted by Crippen LogP contribution is -2.38. The fourth-order valence-electron chi connectivity index (χ4n) is 1.96.